The predicted molar refractivity (Wildman–Crippen MR) is 88.5 cm³/mol. The summed E-state index contributed by atoms with van der Waals surface area (Å²) in [5.74, 6) is 2.21. The molecular weight excluding hydrogens is 260 g/mol. The van der Waals surface area contributed by atoms with E-state index >= 15 is 0 Å². The molecule has 2 N–H and O–H groups in total. The molecule has 112 valence electrons. The van der Waals surface area contributed by atoms with Crippen molar-refractivity contribution in [2.45, 2.75) is 33.7 Å². The topological polar surface area (TPSA) is 49.8 Å². The molecule has 4 heteroatoms. The Morgan fingerprint density at radius 2 is 1.90 bits per heavy atom. The van der Waals surface area contributed by atoms with Crippen LogP contribution >= 0.6 is 0 Å². The zero-order valence-electron chi connectivity index (χ0n) is 13.1. The van der Waals surface area contributed by atoms with E-state index in [1.807, 2.05) is 6.07 Å². The lowest BCUT2D eigenvalue weighted by molar-refractivity contribution is 0.606. The molecule has 0 aliphatic heterocycles. The van der Waals surface area contributed by atoms with E-state index in [1.165, 1.54) is 11.1 Å². The Morgan fingerprint density at radius 3 is 2.67 bits per heavy atom. The first kappa shape index (κ1) is 15.3. The molecular formula is C17H24N4. The number of aromatic nitrogens is 2. The standard InChI is InChI=1S/C17H24N4/c1-13(2)8-10-18-17-19-11-9-16(21-17)20-12-15-7-5-4-6-14(15)3/h4-7,9,11,13H,8,10,12H2,1-3H3,(H2,18,19,20,21). The second-order valence-electron chi connectivity index (χ2n) is 5.65. The molecule has 0 saturated carbocycles. The Hall–Kier alpha value is -2.10. The highest BCUT2D eigenvalue weighted by Gasteiger charge is 2.01. The summed E-state index contributed by atoms with van der Waals surface area (Å²) in [6, 6.07) is 10.3. The Morgan fingerprint density at radius 1 is 1.10 bits per heavy atom. The average molecular weight is 284 g/mol. The number of benzene rings is 1. The lowest BCUT2D eigenvalue weighted by atomic mass is 10.1. The fourth-order valence-electron chi connectivity index (χ4n) is 2.01. The highest BCUT2D eigenvalue weighted by atomic mass is 15.1. The lowest BCUT2D eigenvalue weighted by Crippen LogP contribution is -2.09. The molecule has 1 heterocycles. The van der Waals surface area contributed by atoms with Gasteiger partial charge in [0.25, 0.3) is 0 Å². The molecule has 0 bridgehead atoms. The molecule has 0 aliphatic rings. The number of anilines is 2. The van der Waals surface area contributed by atoms with Crippen LogP contribution in [-0.4, -0.2) is 16.5 Å². The van der Waals surface area contributed by atoms with Gasteiger partial charge in [0.05, 0.1) is 0 Å². The van der Waals surface area contributed by atoms with Crippen LogP contribution in [0.15, 0.2) is 36.5 Å². The van der Waals surface area contributed by atoms with E-state index in [4.69, 9.17) is 0 Å². The maximum Gasteiger partial charge on any atom is 0.224 e. The van der Waals surface area contributed by atoms with Crippen molar-refractivity contribution in [3.63, 3.8) is 0 Å². The second kappa shape index (κ2) is 7.62. The van der Waals surface area contributed by atoms with Gasteiger partial charge in [-0.25, -0.2) is 4.98 Å². The van der Waals surface area contributed by atoms with Crippen molar-refractivity contribution >= 4 is 11.8 Å². The van der Waals surface area contributed by atoms with Crippen LogP contribution in [0.4, 0.5) is 11.8 Å². The maximum atomic E-state index is 4.48. The van der Waals surface area contributed by atoms with Crippen molar-refractivity contribution in [3.05, 3.63) is 47.7 Å². The molecule has 0 radical (unpaired) electrons. The molecule has 4 nitrogen and oxygen atoms in total. The Kier molecular flexibility index (Phi) is 5.55. The summed E-state index contributed by atoms with van der Waals surface area (Å²) in [4.78, 5) is 8.73. The molecule has 0 unspecified atom stereocenters. The molecule has 1 aromatic heterocycles. The van der Waals surface area contributed by atoms with Gasteiger partial charge in [-0.15, -0.1) is 0 Å². The fourth-order valence-corrected chi connectivity index (χ4v) is 2.01. The van der Waals surface area contributed by atoms with Gasteiger partial charge in [-0.1, -0.05) is 38.1 Å². The van der Waals surface area contributed by atoms with E-state index in [1.54, 1.807) is 6.20 Å². The summed E-state index contributed by atoms with van der Waals surface area (Å²) in [6.07, 6.45) is 2.90. The van der Waals surface area contributed by atoms with Crippen molar-refractivity contribution in [2.75, 3.05) is 17.2 Å². The summed E-state index contributed by atoms with van der Waals surface area (Å²) < 4.78 is 0. The summed E-state index contributed by atoms with van der Waals surface area (Å²) >= 11 is 0. The van der Waals surface area contributed by atoms with Crippen LogP contribution in [0, 0.1) is 12.8 Å². The van der Waals surface area contributed by atoms with Gasteiger partial charge in [-0.3, -0.25) is 0 Å². The summed E-state index contributed by atoms with van der Waals surface area (Å²) in [7, 11) is 0. The lowest BCUT2D eigenvalue weighted by Gasteiger charge is -2.10. The minimum atomic E-state index is 0.680. The third-order valence-corrected chi connectivity index (χ3v) is 3.38. The molecule has 0 aliphatic carbocycles. The number of nitrogens with one attached hydrogen (secondary N) is 2. The highest BCUT2D eigenvalue weighted by molar-refractivity contribution is 5.41. The second-order valence-corrected chi connectivity index (χ2v) is 5.65. The SMILES string of the molecule is Cc1ccccc1CNc1ccnc(NCCC(C)C)n1. The predicted octanol–water partition coefficient (Wildman–Crippen LogP) is 3.86. The van der Waals surface area contributed by atoms with E-state index in [0.29, 0.717) is 11.9 Å². The van der Waals surface area contributed by atoms with Gasteiger partial charge in [0.15, 0.2) is 0 Å². The molecule has 0 atom stereocenters. The van der Waals surface area contributed by atoms with Crippen molar-refractivity contribution < 1.29 is 0 Å². The smallest absolute Gasteiger partial charge is 0.224 e. The molecule has 2 rings (SSSR count). The monoisotopic (exact) mass is 284 g/mol. The molecule has 1 aromatic carbocycles. The molecule has 21 heavy (non-hydrogen) atoms. The van der Waals surface area contributed by atoms with Crippen LogP contribution in [0.5, 0.6) is 0 Å². The van der Waals surface area contributed by atoms with Gasteiger partial charge >= 0.3 is 0 Å². The van der Waals surface area contributed by atoms with Crippen molar-refractivity contribution in [1.29, 1.82) is 0 Å². The summed E-state index contributed by atoms with van der Waals surface area (Å²) in [6.45, 7) is 8.22. The van der Waals surface area contributed by atoms with E-state index in [9.17, 15) is 0 Å². The first-order valence-electron chi connectivity index (χ1n) is 7.50. The zero-order valence-corrected chi connectivity index (χ0v) is 13.1. The van der Waals surface area contributed by atoms with Crippen molar-refractivity contribution in [1.82, 2.24) is 9.97 Å². The molecule has 0 spiro atoms. The van der Waals surface area contributed by atoms with Crippen LogP contribution in [0.25, 0.3) is 0 Å². The van der Waals surface area contributed by atoms with Gasteiger partial charge in [-0.2, -0.15) is 4.98 Å². The Balaban J connectivity index is 1.90. The zero-order chi connectivity index (χ0) is 15.1. The fraction of sp³-hybridized carbons (Fsp3) is 0.412. The summed E-state index contributed by atoms with van der Waals surface area (Å²) in [5, 5.41) is 6.61. The van der Waals surface area contributed by atoms with Crippen LogP contribution < -0.4 is 10.6 Å². The molecule has 0 amide bonds. The minimum absolute atomic E-state index is 0.680. The van der Waals surface area contributed by atoms with Crippen LogP contribution in [0.3, 0.4) is 0 Å². The van der Waals surface area contributed by atoms with Gasteiger partial charge in [0.1, 0.15) is 5.82 Å². The van der Waals surface area contributed by atoms with Crippen LogP contribution in [0.2, 0.25) is 0 Å². The first-order chi connectivity index (χ1) is 10.1. The van der Waals surface area contributed by atoms with E-state index < -0.39 is 0 Å². The quantitative estimate of drug-likeness (QED) is 0.810. The third-order valence-electron chi connectivity index (χ3n) is 3.38. The van der Waals surface area contributed by atoms with Gasteiger partial charge < -0.3 is 10.6 Å². The maximum absolute atomic E-state index is 4.48. The van der Waals surface area contributed by atoms with E-state index in [0.717, 1.165) is 25.3 Å². The van der Waals surface area contributed by atoms with E-state index in [2.05, 4.69) is 65.6 Å². The largest absolute Gasteiger partial charge is 0.366 e. The van der Waals surface area contributed by atoms with E-state index in [-0.39, 0.29) is 0 Å². The average Bonchev–Trinajstić information content (AvgIpc) is 2.46. The number of nitrogens with zero attached hydrogens (tertiary/aromatic N) is 2. The first-order valence-corrected chi connectivity index (χ1v) is 7.50. The molecule has 0 fully saturated rings. The van der Waals surface area contributed by atoms with Crippen LogP contribution in [0.1, 0.15) is 31.4 Å². The normalized spacial score (nSPS) is 10.7. The van der Waals surface area contributed by atoms with Gasteiger partial charge in [-0.05, 0) is 36.5 Å². The number of aryl methyl sites for hydroxylation is 1. The molecule has 2 aromatic rings. The van der Waals surface area contributed by atoms with Gasteiger partial charge in [0.2, 0.25) is 5.95 Å². The van der Waals surface area contributed by atoms with Gasteiger partial charge in [0, 0.05) is 19.3 Å². The number of hydrogen-bond acceptors (Lipinski definition) is 4. The number of hydrogen-bond donors (Lipinski definition) is 2. The van der Waals surface area contributed by atoms with Crippen molar-refractivity contribution in [3.8, 4) is 0 Å². The van der Waals surface area contributed by atoms with Crippen LogP contribution in [-0.2, 0) is 6.54 Å². The minimum Gasteiger partial charge on any atom is -0.366 e. The molecule has 0 saturated heterocycles. The number of rotatable bonds is 7. The third kappa shape index (κ3) is 5.06. The Labute approximate surface area is 127 Å². The summed E-state index contributed by atoms with van der Waals surface area (Å²) in [5.41, 5.74) is 2.57. The Bertz CT molecular complexity index is 566. The highest BCUT2D eigenvalue weighted by Crippen LogP contribution is 2.11. The van der Waals surface area contributed by atoms with Crippen molar-refractivity contribution in [2.24, 2.45) is 5.92 Å².